The zero-order chi connectivity index (χ0) is 9.73. The van der Waals surface area contributed by atoms with Crippen LogP contribution >= 0.6 is 0 Å². The Hall–Kier alpha value is -0.381. The monoisotopic (exact) mass is 250 g/mol. The molecule has 74 valence electrons. The Morgan fingerprint density at radius 2 is 1.31 bits per heavy atom. The molecule has 0 aliphatic rings. The molecule has 0 radical (unpaired) electrons. The first-order valence-corrected chi connectivity index (χ1v) is 6.79. The Labute approximate surface area is 81.8 Å². The van der Waals surface area contributed by atoms with Gasteiger partial charge in [-0.05, 0) is 0 Å². The molecule has 0 spiro atoms. The summed E-state index contributed by atoms with van der Waals surface area (Å²) >= 11 is -2.78. The maximum atomic E-state index is 5.33. The van der Waals surface area contributed by atoms with Gasteiger partial charge in [0.2, 0.25) is 0 Å². The normalized spacial score (nSPS) is 12.8. The predicted molar refractivity (Wildman–Crippen MR) is 52.9 cm³/mol. The quantitative estimate of drug-likeness (QED) is 0.738. The van der Waals surface area contributed by atoms with Crippen LogP contribution in [0, 0.1) is 0 Å². The molecule has 0 fully saturated rings. The summed E-state index contributed by atoms with van der Waals surface area (Å²) in [5, 5.41) is 0. The van der Waals surface area contributed by atoms with Crippen molar-refractivity contribution in [3.8, 4) is 0 Å². The van der Waals surface area contributed by atoms with Crippen LogP contribution in [0.15, 0.2) is 30.3 Å². The van der Waals surface area contributed by atoms with E-state index in [9.17, 15) is 0 Å². The Kier molecular flexibility index (Phi) is 3.90. The third kappa shape index (κ3) is 2.10. The van der Waals surface area contributed by atoms with E-state index in [1.165, 1.54) is 0 Å². The zero-order valence-corrected chi connectivity index (χ0v) is 9.73. The molecule has 0 atom stereocenters. The summed E-state index contributed by atoms with van der Waals surface area (Å²) in [6, 6.07) is 9.75. The zero-order valence-electron chi connectivity index (χ0n) is 8.02. The molecule has 4 heteroatoms. The Morgan fingerprint density at radius 1 is 0.846 bits per heavy atom. The van der Waals surface area contributed by atoms with Crippen LogP contribution in [0.4, 0.5) is 0 Å². The molecule has 1 aromatic carbocycles. The summed E-state index contributed by atoms with van der Waals surface area (Å²) in [6.07, 6.45) is 0. The van der Waals surface area contributed by atoms with Crippen molar-refractivity contribution in [3.05, 3.63) is 30.3 Å². The van der Waals surface area contributed by atoms with Crippen LogP contribution in [-0.2, 0) is 11.5 Å². The molecule has 1 aromatic rings. The van der Waals surface area contributed by atoms with Crippen molar-refractivity contribution in [2.45, 2.75) is 0 Å². The first kappa shape index (κ1) is 10.7. The van der Waals surface area contributed by atoms with Gasteiger partial charge in [0.15, 0.2) is 0 Å². The summed E-state index contributed by atoms with van der Waals surface area (Å²) in [6.45, 7) is 0. The molecule has 0 N–H and O–H groups in total. The SMILES string of the molecule is CO[Se](OC)(OC)c1ccccc1. The van der Waals surface area contributed by atoms with Gasteiger partial charge in [0.05, 0.1) is 0 Å². The van der Waals surface area contributed by atoms with Crippen LogP contribution in [-0.4, -0.2) is 35.2 Å². The summed E-state index contributed by atoms with van der Waals surface area (Å²) in [7, 11) is 4.83. The molecule has 0 saturated heterocycles. The first-order chi connectivity index (χ1) is 6.29. The molecule has 13 heavy (non-hydrogen) atoms. The maximum absolute atomic E-state index is 5.33. The van der Waals surface area contributed by atoms with Gasteiger partial charge in [-0.2, -0.15) is 0 Å². The molecule has 0 heterocycles. The van der Waals surface area contributed by atoms with Crippen molar-refractivity contribution < 1.29 is 11.5 Å². The molecule has 0 aliphatic carbocycles. The molecule has 1 rings (SSSR count). The fourth-order valence-electron chi connectivity index (χ4n) is 1.08. The average Bonchev–Trinajstić information content (AvgIpc) is 2.23. The van der Waals surface area contributed by atoms with Gasteiger partial charge in [-0.25, -0.2) is 0 Å². The van der Waals surface area contributed by atoms with Gasteiger partial charge in [0.1, 0.15) is 0 Å². The first-order valence-electron chi connectivity index (χ1n) is 3.84. The van der Waals surface area contributed by atoms with Gasteiger partial charge in [-0.1, -0.05) is 0 Å². The van der Waals surface area contributed by atoms with Crippen LogP contribution < -0.4 is 4.46 Å². The number of hydrogen-bond acceptors (Lipinski definition) is 3. The third-order valence-corrected chi connectivity index (χ3v) is 6.23. The van der Waals surface area contributed by atoms with Crippen LogP contribution in [0.2, 0.25) is 0 Å². The van der Waals surface area contributed by atoms with Gasteiger partial charge < -0.3 is 0 Å². The molecule has 0 bridgehead atoms. The number of hydrogen-bond donors (Lipinski definition) is 0. The molecule has 0 aromatic heterocycles. The number of rotatable bonds is 4. The van der Waals surface area contributed by atoms with Crippen LogP contribution in [0.25, 0.3) is 0 Å². The van der Waals surface area contributed by atoms with Gasteiger partial charge in [-0.3, -0.25) is 0 Å². The Bertz CT molecular complexity index is 238. The van der Waals surface area contributed by atoms with Gasteiger partial charge in [-0.15, -0.1) is 0 Å². The topological polar surface area (TPSA) is 27.7 Å². The van der Waals surface area contributed by atoms with Crippen molar-refractivity contribution in [1.29, 1.82) is 0 Å². The van der Waals surface area contributed by atoms with Crippen LogP contribution in [0.5, 0.6) is 0 Å². The third-order valence-electron chi connectivity index (χ3n) is 1.69. The molecule has 0 amide bonds. The molecule has 0 unspecified atom stereocenters. The minimum absolute atomic E-state index is 0.992. The molecular weight excluding hydrogens is 235 g/mol. The number of benzene rings is 1. The Balaban J connectivity index is 3.01. The van der Waals surface area contributed by atoms with Crippen molar-refractivity contribution in [2.75, 3.05) is 21.3 Å². The summed E-state index contributed by atoms with van der Waals surface area (Å²) in [5.41, 5.74) is 0. The van der Waals surface area contributed by atoms with E-state index in [1.807, 2.05) is 30.3 Å². The van der Waals surface area contributed by atoms with E-state index in [-0.39, 0.29) is 0 Å². The van der Waals surface area contributed by atoms with E-state index >= 15 is 0 Å². The average molecular weight is 249 g/mol. The summed E-state index contributed by atoms with van der Waals surface area (Å²) in [4.78, 5) is 0. The van der Waals surface area contributed by atoms with Crippen molar-refractivity contribution >= 4 is 18.3 Å². The van der Waals surface area contributed by atoms with E-state index in [0.717, 1.165) is 4.46 Å². The van der Waals surface area contributed by atoms with Gasteiger partial charge in [0.25, 0.3) is 0 Å². The Morgan fingerprint density at radius 3 is 1.69 bits per heavy atom. The molecule has 0 saturated carbocycles. The van der Waals surface area contributed by atoms with E-state index in [2.05, 4.69) is 0 Å². The fraction of sp³-hybridized carbons (Fsp3) is 0.333. The molecular formula is C9H14O3Se. The van der Waals surface area contributed by atoms with Crippen molar-refractivity contribution in [3.63, 3.8) is 0 Å². The van der Waals surface area contributed by atoms with Crippen molar-refractivity contribution in [2.24, 2.45) is 0 Å². The predicted octanol–water partition coefficient (Wildman–Crippen LogP) is 0.772. The second-order valence-electron chi connectivity index (χ2n) is 2.27. The van der Waals surface area contributed by atoms with E-state index in [1.54, 1.807) is 21.3 Å². The van der Waals surface area contributed by atoms with Gasteiger partial charge in [0, 0.05) is 0 Å². The fourth-order valence-corrected chi connectivity index (χ4v) is 4.18. The molecule has 3 nitrogen and oxygen atoms in total. The van der Waals surface area contributed by atoms with E-state index < -0.39 is 13.8 Å². The van der Waals surface area contributed by atoms with Crippen molar-refractivity contribution in [1.82, 2.24) is 0 Å². The summed E-state index contributed by atoms with van der Waals surface area (Å²) in [5.74, 6) is 0. The molecule has 0 aliphatic heterocycles. The van der Waals surface area contributed by atoms with Crippen LogP contribution in [0.1, 0.15) is 0 Å². The standard InChI is InChI=1S/C9H14O3Se/c1-10-13(11-2,12-3)9-7-5-4-6-8-9/h4-8H,1-3H3. The second-order valence-corrected chi connectivity index (χ2v) is 7.26. The van der Waals surface area contributed by atoms with E-state index in [0.29, 0.717) is 0 Å². The van der Waals surface area contributed by atoms with Crippen LogP contribution in [0.3, 0.4) is 0 Å². The van der Waals surface area contributed by atoms with E-state index in [4.69, 9.17) is 11.5 Å². The van der Waals surface area contributed by atoms with Gasteiger partial charge >= 0.3 is 81.4 Å². The minimum atomic E-state index is -2.78. The second kappa shape index (κ2) is 4.74. The summed E-state index contributed by atoms with van der Waals surface area (Å²) < 4.78 is 17.0.